The molecule has 0 aromatic heterocycles. The van der Waals surface area contributed by atoms with Crippen molar-refractivity contribution in [3.05, 3.63) is 35.1 Å². The lowest BCUT2D eigenvalue weighted by Gasteiger charge is -2.22. The minimum atomic E-state index is -0.198. The molecule has 1 heterocycles. The van der Waals surface area contributed by atoms with Crippen LogP contribution in [0.4, 0.5) is 4.39 Å². The normalized spacial score (nSPS) is 22.3. The number of rotatable bonds is 3. The van der Waals surface area contributed by atoms with Crippen molar-refractivity contribution >= 4 is 0 Å². The fourth-order valence-corrected chi connectivity index (χ4v) is 2.09. The third-order valence-corrected chi connectivity index (χ3v) is 3.07. The zero-order valence-corrected chi connectivity index (χ0v) is 9.37. The van der Waals surface area contributed by atoms with Crippen LogP contribution in [-0.2, 0) is 4.74 Å². The Bertz CT molecular complexity index is 364. The van der Waals surface area contributed by atoms with Gasteiger partial charge in [-0.3, -0.25) is 11.3 Å². The SMILES string of the molecule is Cc1ccc(C(NN)C2CCCO2)cc1F. The van der Waals surface area contributed by atoms with Gasteiger partial charge in [0.25, 0.3) is 0 Å². The highest BCUT2D eigenvalue weighted by atomic mass is 19.1. The van der Waals surface area contributed by atoms with Gasteiger partial charge in [0.15, 0.2) is 0 Å². The lowest BCUT2D eigenvalue weighted by Crippen LogP contribution is -2.36. The second-order valence-electron chi connectivity index (χ2n) is 4.20. The molecule has 4 heteroatoms. The van der Waals surface area contributed by atoms with Crippen LogP contribution in [-0.4, -0.2) is 12.7 Å². The van der Waals surface area contributed by atoms with Crippen LogP contribution in [0.3, 0.4) is 0 Å². The Balaban J connectivity index is 2.22. The standard InChI is InChI=1S/C12H17FN2O/c1-8-4-5-9(7-10(8)13)12(15-14)11-3-2-6-16-11/h4-5,7,11-12,15H,2-3,6,14H2,1H3. The summed E-state index contributed by atoms with van der Waals surface area (Å²) in [5.74, 6) is 5.32. The molecule has 0 radical (unpaired) electrons. The maximum Gasteiger partial charge on any atom is 0.126 e. The van der Waals surface area contributed by atoms with Crippen molar-refractivity contribution in [3.63, 3.8) is 0 Å². The number of nitrogens with two attached hydrogens (primary N) is 1. The van der Waals surface area contributed by atoms with Crippen LogP contribution in [0.25, 0.3) is 0 Å². The van der Waals surface area contributed by atoms with Crippen LogP contribution >= 0.6 is 0 Å². The molecule has 0 saturated carbocycles. The van der Waals surface area contributed by atoms with Crippen molar-refractivity contribution in [3.8, 4) is 0 Å². The Labute approximate surface area is 94.8 Å². The molecule has 2 atom stereocenters. The first-order valence-electron chi connectivity index (χ1n) is 5.56. The van der Waals surface area contributed by atoms with E-state index < -0.39 is 0 Å². The molecule has 1 aliphatic rings. The molecule has 1 saturated heterocycles. The number of hydrogen-bond acceptors (Lipinski definition) is 3. The predicted octanol–water partition coefficient (Wildman–Crippen LogP) is 1.82. The van der Waals surface area contributed by atoms with E-state index >= 15 is 0 Å². The van der Waals surface area contributed by atoms with Crippen molar-refractivity contribution < 1.29 is 9.13 Å². The van der Waals surface area contributed by atoms with E-state index in [0.29, 0.717) is 5.56 Å². The van der Waals surface area contributed by atoms with Gasteiger partial charge in [-0.05, 0) is 37.0 Å². The second-order valence-corrected chi connectivity index (χ2v) is 4.20. The van der Waals surface area contributed by atoms with Gasteiger partial charge in [-0.2, -0.15) is 0 Å². The Hall–Kier alpha value is -0.970. The first kappa shape index (κ1) is 11.5. The molecule has 1 aromatic carbocycles. The molecule has 3 nitrogen and oxygen atoms in total. The maximum atomic E-state index is 13.5. The Morgan fingerprint density at radius 1 is 1.56 bits per heavy atom. The average Bonchev–Trinajstić information content (AvgIpc) is 2.78. The largest absolute Gasteiger partial charge is 0.376 e. The zero-order chi connectivity index (χ0) is 11.5. The molecular weight excluding hydrogens is 207 g/mol. The summed E-state index contributed by atoms with van der Waals surface area (Å²) in [6, 6.07) is 5.06. The summed E-state index contributed by atoms with van der Waals surface area (Å²) in [4.78, 5) is 0. The maximum absolute atomic E-state index is 13.5. The minimum Gasteiger partial charge on any atom is -0.376 e. The minimum absolute atomic E-state index is 0.0482. The molecule has 88 valence electrons. The van der Waals surface area contributed by atoms with Crippen molar-refractivity contribution in [1.29, 1.82) is 0 Å². The average molecular weight is 224 g/mol. The molecule has 1 fully saturated rings. The number of halogens is 1. The van der Waals surface area contributed by atoms with Gasteiger partial charge in [0.05, 0.1) is 12.1 Å². The number of aryl methyl sites for hydroxylation is 1. The van der Waals surface area contributed by atoms with Crippen LogP contribution in [0.5, 0.6) is 0 Å². The van der Waals surface area contributed by atoms with E-state index in [2.05, 4.69) is 5.43 Å². The number of hydrazine groups is 1. The summed E-state index contributed by atoms with van der Waals surface area (Å²) in [7, 11) is 0. The fourth-order valence-electron chi connectivity index (χ4n) is 2.09. The van der Waals surface area contributed by atoms with Gasteiger partial charge in [0, 0.05) is 6.61 Å². The first-order valence-corrected chi connectivity index (χ1v) is 5.56. The van der Waals surface area contributed by atoms with Crippen molar-refractivity contribution in [2.45, 2.75) is 31.9 Å². The van der Waals surface area contributed by atoms with Gasteiger partial charge in [-0.25, -0.2) is 4.39 Å². The van der Waals surface area contributed by atoms with E-state index in [0.717, 1.165) is 25.0 Å². The van der Waals surface area contributed by atoms with Crippen molar-refractivity contribution in [1.82, 2.24) is 5.43 Å². The molecule has 0 spiro atoms. The van der Waals surface area contributed by atoms with E-state index in [-0.39, 0.29) is 18.0 Å². The van der Waals surface area contributed by atoms with Crippen LogP contribution in [0, 0.1) is 12.7 Å². The van der Waals surface area contributed by atoms with Crippen molar-refractivity contribution in [2.75, 3.05) is 6.61 Å². The van der Waals surface area contributed by atoms with Crippen LogP contribution in [0.1, 0.15) is 30.0 Å². The number of benzene rings is 1. The monoisotopic (exact) mass is 224 g/mol. The lowest BCUT2D eigenvalue weighted by molar-refractivity contribution is 0.0782. The molecule has 16 heavy (non-hydrogen) atoms. The fraction of sp³-hybridized carbons (Fsp3) is 0.500. The van der Waals surface area contributed by atoms with Crippen LogP contribution < -0.4 is 11.3 Å². The molecule has 2 rings (SSSR count). The van der Waals surface area contributed by atoms with Gasteiger partial charge >= 0.3 is 0 Å². The summed E-state index contributed by atoms with van der Waals surface area (Å²) in [5.41, 5.74) is 4.21. The Kier molecular flexibility index (Phi) is 3.53. The molecule has 0 amide bonds. The van der Waals surface area contributed by atoms with Gasteiger partial charge in [-0.15, -0.1) is 0 Å². The molecular formula is C12H17FN2O. The molecule has 0 aliphatic carbocycles. The number of hydrogen-bond donors (Lipinski definition) is 2. The summed E-state index contributed by atoms with van der Waals surface area (Å²) < 4.78 is 19.0. The van der Waals surface area contributed by atoms with Gasteiger partial charge in [0.1, 0.15) is 5.82 Å². The molecule has 1 aliphatic heterocycles. The van der Waals surface area contributed by atoms with Gasteiger partial charge in [-0.1, -0.05) is 12.1 Å². The number of ether oxygens (including phenoxy) is 1. The summed E-state index contributed by atoms with van der Waals surface area (Å²) >= 11 is 0. The quantitative estimate of drug-likeness (QED) is 0.608. The Morgan fingerprint density at radius 2 is 2.38 bits per heavy atom. The van der Waals surface area contributed by atoms with E-state index in [1.165, 1.54) is 6.07 Å². The van der Waals surface area contributed by atoms with E-state index in [1.54, 1.807) is 13.0 Å². The third-order valence-electron chi connectivity index (χ3n) is 3.07. The summed E-state index contributed by atoms with van der Waals surface area (Å²) in [5, 5.41) is 0. The van der Waals surface area contributed by atoms with Crippen LogP contribution in [0.2, 0.25) is 0 Å². The third kappa shape index (κ3) is 2.24. The van der Waals surface area contributed by atoms with Gasteiger partial charge in [0.2, 0.25) is 0 Å². The predicted molar refractivity (Wildman–Crippen MR) is 60.2 cm³/mol. The lowest BCUT2D eigenvalue weighted by atomic mass is 9.99. The summed E-state index contributed by atoms with van der Waals surface area (Å²) in [6.45, 7) is 2.51. The zero-order valence-electron chi connectivity index (χ0n) is 9.37. The molecule has 0 bridgehead atoms. The highest BCUT2D eigenvalue weighted by molar-refractivity contribution is 5.26. The summed E-state index contributed by atoms with van der Waals surface area (Å²) in [6.07, 6.45) is 2.05. The van der Waals surface area contributed by atoms with E-state index in [1.807, 2.05) is 6.07 Å². The molecule has 3 N–H and O–H groups in total. The Morgan fingerprint density at radius 3 is 2.94 bits per heavy atom. The highest BCUT2D eigenvalue weighted by Crippen LogP contribution is 2.27. The van der Waals surface area contributed by atoms with Crippen molar-refractivity contribution in [2.24, 2.45) is 5.84 Å². The topological polar surface area (TPSA) is 47.3 Å². The smallest absolute Gasteiger partial charge is 0.126 e. The first-order chi connectivity index (χ1) is 7.72. The van der Waals surface area contributed by atoms with Gasteiger partial charge < -0.3 is 4.74 Å². The second kappa shape index (κ2) is 4.91. The van der Waals surface area contributed by atoms with E-state index in [4.69, 9.17) is 10.6 Å². The van der Waals surface area contributed by atoms with Crippen LogP contribution in [0.15, 0.2) is 18.2 Å². The molecule has 1 aromatic rings. The number of nitrogens with one attached hydrogen (secondary N) is 1. The molecule has 2 unspecified atom stereocenters. The highest BCUT2D eigenvalue weighted by Gasteiger charge is 2.26. The van der Waals surface area contributed by atoms with E-state index in [9.17, 15) is 4.39 Å².